The summed E-state index contributed by atoms with van der Waals surface area (Å²) in [6.45, 7) is 1.08. The van der Waals surface area contributed by atoms with E-state index in [0.29, 0.717) is 0 Å². The average molecular weight is 227 g/mol. The third-order valence-electron chi connectivity index (χ3n) is 0. The minimum atomic E-state index is -0.833. The maximum absolute atomic E-state index is 9.00. The van der Waals surface area contributed by atoms with Gasteiger partial charge >= 0.3 is 0 Å². The molecule has 5 heteroatoms. The summed E-state index contributed by atoms with van der Waals surface area (Å²) < 4.78 is 0. The predicted molar refractivity (Wildman–Crippen MR) is 20.6 cm³/mol. The minimum Gasteiger partial charge on any atom is -0.481 e. The molecular weight excluding hydrogens is 222 g/mol. The zero-order chi connectivity index (χ0) is 3.58. The van der Waals surface area contributed by atoms with Crippen molar-refractivity contribution in [3.63, 3.8) is 0 Å². The van der Waals surface area contributed by atoms with Gasteiger partial charge in [0.05, 0.1) is 0 Å². The van der Waals surface area contributed by atoms with Crippen molar-refractivity contribution in [2.45, 2.75) is 6.92 Å². The van der Waals surface area contributed by atoms with Gasteiger partial charge in [-0.3, -0.25) is 4.79 Å². The number of carbonyl (C=O) groups is 1. The van der Waals surface area contributed by atoms with Gasteiger partial charge < -0.3 is 5.11 Å². The fourth-order valence-corrected chi connectivity index (χ4v) is 0. The van der Waals surface area contributed by atoms with Crippen LogP contribution in [0.25, 0.3) is 0 Å². The Morgan fingerprint density at radius 1 is 1.43 bits per heavy atom. The molecule has 0 saturated heterocycles. The van der Waals surface area contributed by atoms with Gasteiger partial charge in [0.1, 0.15) is 0 Å². The van der Waals surface area contributed by atoms with Gasteiger partial charge in [-0.05, 0) is 0 Å². The molecule has 0 aromatic heterocycles. The Kier molecular flexibility index (Phi) is 55.1. The molecule has 0 rings (SSSR count). The standard InChI is InChI=1S/C2H4O2.ClH.2Zn/c1-2(3)4;;;/h1H3,(H,3,4);1H;;. The van der Waals surface area contributed by atoms with E-state index in [2.05, 4.69) is 0 Å². The van der Waals surface area contributed by atoms with Crippen LogP contribution >= 0.6 is 12.4 Å². The van der Waals surface area contributed by atoms with E-state index in [1.54, 1.807) is 0 Å². The summed E-state index contributed by atoms with van der Waals surface area (Å²) in [5, 5.41) is 7.42. The smallest absolute Gasteiger partial charge is 0.300 e. The zero-order valence-corrected chi connectivity index (χ0v) is 10.9. The first-order valence-corrected chi connectivity index (χ1v) is 0.928. The molecule has 0 aromatic rings. The Bertz CT molecular complexity index is 36.7. The molecule has 0 radical (unpaired) electrons. The van der Waals surface area contributed by atoms with Crippen molar-refractivity contribution in [3.8, 4) is 0 Å². The fourth-order valence-electron chi connectivity index (χ4n) is 0. The first-order valence-electron chi connectivity index (χ1n) is 0.928. The molecule has 36 valence electrons. The van der Waals surface area contributed by atoms with Crippen molar-refractivity contribution in [3.05, 3.63) is 0 Å². The second-order valence-electron chi connectivity index (χ2n) is 0.519. The van der Waals surface area contributed by atoms with Crippen LogP contribution in [0.1, 0.15) is 6.92 Å². The maximum Gasteiger partial charge on any atom is 0.300 e. The van der Waals surface area contributed by atoms with Crippen LogP contribution in [0, 0.1) is 0 Å². The molecule has 0 unspecified atom stereocenters. The summed E-state index contributed by atoms with van der Waals surface area (Å²) >= 11 is 0. The number of aliphatic carboxylic acids is 1. The van der Waals surface area contributed by atoms with Crippen molar-refractivity contribution in [2.75, 3.05) is 0 Å². The van der Waals surface area contributed by atoms with Crippen LogP contribution in [0.4, 0.5) is 0 Å². The molecule has 0 spiro atoms. The van der Waals surface area contributed by atoms with Gasteiger partial charge in [0.2, 0.25) is 0 Å². The fraction of sp³-hybridized carbons (Fsp3) is 0.500. The van der Waals surface area contributed by atoms with Crippen LogP contribution in [-0.2, 0) is 43.8 Å². The largest absolute Gasteiger partial charge is 0.481 e. The molecule has 2 nitrogen and oxygen atoms in total. The number of carboxylic acid groups (broad SMARTS) is 1. The number of rotatable bonds is 0. The van der Waals surface area contributed by atoms with Crippen LogP contribution in [0.15, 0.2) is 0 Å². The Morgan fingerprint density at radius 3 is 1.43 bits per heavy atom. The normalized spacial score (nSPS) is 3.57. The summed E-state index contributed by atoms with van der Waals surface area (Å²) in [7, 11) is 0. The Labute approximate surface area is 74.0 Å². The summed E-state index contributed by atoms with van der Waals surface area (Å²) in [6, 6.07) is 0. The zero-order valence-electron chi connectivity index (χ0n) is 4.18. The van der Waals surface area contributed by atoms with E-state index in [9.17, 15) is 0 Å². The molecule has 0 amide bonds. The number of carboxylic acids is 1. The van der Waals surface area contributed by atoms with E-state index in [0.717, 1.165) is 6.92 Å². The van der Waals surface area contributed by atoms with Gasteiger partial charge in [-0.1, -0.05) is 0 Å². The third-order valence-corrected chi connectivity index (χ3v) is 0. The quantitative estimate of drug-likeness (QED) is 0.612. The van der Waals surface area contributed by atoms with E-state index < -0.39 is 5.97 Å². The second kappa shape index (κ2) is 15.7. The monoisotopic (exact) mass is 224 g/mol. The molecule has 0 aromatic carbocycles. The average Bonchev–Trinajstić information content (AvgIpc) is 0.811. The summed E-state index contributed by atoms with van der Waals surface area (Å²) in [6.07, 6.45) is 0. The number of hydrogen-bond acceptors (Lipinski definition) is 1. The third kappa shape index (κ3) is 173. The first-order chi connectivity index (χ1) is 1.73. The van der Waals surface area contributed by atoms with Crippen LogP contribution < -0.4 is 0 Å². The van der Waals surface area contributed by atoms with Crippen LogP contribution in [0.3, 0.4) is 0 Å². The number of halogens is 1. The van der Waals surface area contributed by atoms with Crippen molar-refractivity contribution >= 4 is 18.4 Å². The van der Waals surface area contributed by atoms with E-state index in [-0.39, 0.29) is 51.4 Å². The molecule has 1 N–H and O–H groups in total. The van der Waals surface area contributed by atoms with E-state index in [1.807, 2.05) is 0 Å². The topological polar surface area (TPSA) is 37.3 Å². The SMILES string of the molecule is CC(=O)O.Cl.[Zn].[Zn]. The van der Waals surface area contributed by atoms with Gasteiger partial charge in [0.15, 0.2) is 0 Å². The second-order valence-corrected chi connectivity index (χ2v) is 0.519. The van der Waals surface area contributed by atoms with Crippen LogP contribution in [0.2, 0.25) is 0 Å². The van der Waals surface area contributed by atoms with Gasteiger partial charge in [-0.2, -0.15) is 0 Å². The molecule has 7 heavy (non-hydrogen) atoms. The van der Waals surface area contributed by atoms with Crippen molar-refractivity contribution < 1.29 is 48.9 Å². The summed E-state index contributed by atoms with van der Waals surface area (Å²) in [4.78, 5) is 9.00. The van der Waals surface area contributed by atoms with Crippen molar-refractivity contribution in [2.24, 2.45) is 0 Å². The molecule has 0 aliphatic carbocycles. The van der Waals surface area contributed by atoms with E-state index >= 15 is 0 Å². The van der Waals surface area contributed by atoms with Gasteiger partial charge in [-0.25, -0.2) is 0 Å². The van der Waals surface area contributed by atoms with E-state index in [4.69, 9.17) is 9.90 Å². The number of hydrogen-bond donors (Lipinski definition) is 1. The minimum absolute atomic E-state index is 0. The van der Waals surface area contributed by atoms with E-state index in [1.165, 1.54) is 0 Å². The van der Waals surface area contributed by atoms with Crippen molar-refractivity contribution in [1.29, 1.82) is 0 Å². The molecule has 0 aliphatic rings. The van der Waals surface area contributed by atoms with Gasteiger partial charge in [-0.15, -0.1) is 12.4 Å². The summed E-state index contributed by atoms with van der Waals surface area (Å²) in [5.74, 6) is -0.833. The van der Waals surface area contributed by atoms with Crippen molar-refractivity contribution in [1.82, 2.24) is 0 Å². The molecule has 0 fully saturated rings. The van der Waals surface area contributed by atoms with Crippen LogP contribution in [-0.4, -0.2) is 11.1 Å². The van der Waals surface area contributed by atoms with Gasteiger partial charge in [0.25, 0.3) is 5.97 Å². The summed E-state index contributed by atoms with van der Waals surface area (Å²) in [5.41, 5.74) is 0. The van der Waals surface area contributed by atoms with Gasteiger partial charge in [0, 0.05) is 45.9 Å². The molecule has 0 heterocycles. The molecule has 0 bridgehead atoms. The molecule has 0 atom stereocenters. The maximum atomic E-state index is 9.00. The predicted octanol–water partition coefficient (Wildman–Crippen LogP) is 0.508. The molecule has 0 saturated carbocycles. The Hall–Kier alpha value is 1.01. The first kappa shape index (κ1) is 24.5. The Morgan fingerprint density at radius 2 is 1.43 bits per heavy atom. The Balaban J connectivity index is -0.0000000150. The van der Waals surface area contributed by atoms with Crippen LogP contribution in [0.5, 0.6) is 0 Å². The molecule has 0 aliphatic heterocycles. The molecular formula is C2H5ClO2Zn2.